The Labute approximate surface area is 182 Å². The summed E-state index contributed by atoms with van der Waals surface area (Å²) >= 11 is 0. The lowest BCUT2D eigenvalue weighted by molar-refractivity contribution is -0.117. The van der Waals surface area contributed by atoms with Crippen molar-refractivity contribution in [2.75, 3.05) is 12.0 Å². The molecule has 8 heteroatoms. The fraction of sp³-hybridized carbons (Fsp3) is 0.125. The lowest BCUT2D eigenvalue weighted by Crippen LogP contribution is -2.31. The zero-order valence-electron chi connectivity index (χ0n) is 17.2. The molecule has 0 radical (unpaired) electrons. The summed E-state index contributed by atoms with van der Waals surface area (Å²) in [7, 11) is 1.49. The van der Waals surface area contributed by atoms with Crippen molar-refractivity contribution in [2.45, 2.75) is 13.0 Å². The van der Waals surface area contributed by atoms with Crippen LogP contribution in [0.25, 0.3) is 11.0 Å². The molecule has 1 N–H and O–H groups in total. The Hall–Kier alpha value is -4.33. The molecule has 1 amide bonds. The Morgan fingerprint density at radius 3 is 2.59 bits per heavy atom. The third-order valence-electron chi connectivity index (χ3n) is 5.40. The normalized spacial score (nSPS) is 16.2. The summed E-state index contributed by atoms with van der Waals surface area (Å²) in [6, 6.07) is 16.3. The number of benzene rings is 2. The number of anilines is 1. The molecule has 1 aliphatic rings. The van der Waals surface area contributed by atoms with Crippen LogP contribution in [0.2, 0.25) is 0 Å². The van der Waals surface area contributed by atoms with Gasteiger partial charge in [-0.2, -0.15) is 0 Å². The second-order valence-electron chi connectivity index (χ2n) is 7.36. The number of ether oxygens (including phenoxy) is 1. The third-order valence-corrected chi connectivity index (χ3v) is 5.40. The van der Waals surface area contributed by atoms with Gasteiger partial charge >= 0.3 is 0 Å². The number of methoxy groups -OCH3 is 1. The Kier molecular flexibility index (Phi) is 4.55. The molecule has 2 aromatic carbocycles. The molecule has 8 nitrogen and oxygen atoms in total. The van der Waals surface area contributed by atoms with Crippen LogP contribution in [-0.4, -0.2) is 29.1 Å². The van der Waals surface area contributed by atoms with Gasteiger partial charge in [0, 0.05) is 17.0 Å². The second-order valence-corrected chi connectivity index (χ2v) is 7.36. The average molecular weight is 430 g/mol. The molecule has 160 valence electrons. The first-order valence-corrected chi connectivity index (χ1v) is 9.85. The lowest BCUT2D eigenvalue weighted by atomic mass is 9.94. The maximum atomic E-state index is 13.6. The van der Waals surface area contributed by atoms with Crippen LogP contribution in [0.1, 0.15) is 27.9 Å². The quantitative estimate of drug-likeness (QED) is 0.464. The van der Waals surface area contributed by atoms with Crippen LogP contribution in [0.3, 0.4) is 0 Å². The number of hydrogen-bond donors (Lipinski definition) is 1. The summed E-state index contributed by atoms with van der Waals surface area (Å²) in [5, 5.41) is 15.5. The fourth-order valence-electron chi connectivity index (χ4n) is 3.95. The highest BCUT2D eigenvalue weighted by molar-refractivity contribution is 6.20. The van der Waals surface area contributed by atoms with E-state index in [-0.39, 0.29) is 17.2 Å². The Morgan fingerprint density at radius 2 is 1.88 bits per heavy atom. The molecule has 2 aromatic heterocycles. The number of aromatic nitrogens is 1. The van der Waals surface area contributed by atoms with Gasteiger partial charge in [-0.15, -0.1) is 0 Å². The number of nitrogens with zero attached hydrogens (tertiary/aromatic N) is 2. The van der Waals surface area contributed by atoms with Crippen LogP contribution >= 0.6 is 0 Å². The number of ketones is 1. The third kappa shape index (κ3) is 2.96. The molecular weight excluding hydrogens is 412 g/mol. The van der Waals surface area contributed by atoms with E-state index >= 15 is 0 Å². The van der Waals surface area contributed by atoms with E-state index in [1.807, 2.05) is 12.1 Å². The summed E-state index contributed by atoms with van der Waals surface area (Å²) < 4.78 is 16.3. The van der Waals surface area contributed by atoms with Gasteiger partial charge in [-0.1, -0.05) is 41.6 Å². The number of furan rings is 1. The van der Waals surface area contributed by atoms with Crippen LogP contribution in [0.5, 0.6) is 5.75 Å². The van der Waals surface area contributed by atoms with Crippen molar-refractivity contribution in [1.82, 2.24) is 5.16 Å². The maximum Gasteiger partial charge on any atom is 0.295 e. The molecule has 0 aliphatic carbocycles. The standard InChI is InChI=1S/C24H18N2O6/c1-13-11-19(25-32-13)26-21(15-8-4-6-10-17(15)30-2)20(23(28)24(26)29)22(27)18-12-14-7-3-5-9-16(14)31-18/h3-12,21,28H,1-2H3/t21-/m1/s1. The maximum absolute atomic E-state index is 13.6. The molecule has 3 heterocycles. The van der Waals surface area contributed by atoms with Gasteiger partial charge in [-0.25, -0.2) is 0 Å². The number of amides is 1. The predicted molar refractivity (Wildman–Crippen MR) is 115 cm³/mol. The Morgan fingerprint density at radius 1 is 1.12 bits per heavy atom. The highest BCUT2D eigenvalue weighted by atomic mass is 16.5. The molecule has 0 unspecified atom stereocenters. The van der Waals surface area contributed by atoms with E-state index in [4.69, 9.17) is 13.7 Å². The van der Waals surface area contributed by atoms with Gasteiger partial charge in [-0.05, 0) is 25.1 Å². The molecule has 0 fully saturated rings. The van der Waals surface area contributed by atoms with Gasteiger partial charge in [0.25, 0.3) is 5.91 Å². The number of hydrogen-bond acceptors (Lipinski definition) is 7. The highest BCUT2D eigenvalue weighted by Crippen LogP contribution is 2.44. The van der Waals surface area contributed by atoms with Crippen molar-refractivity contribution in [3.63, 3.8) is 0 Å². The first-order valence-electron chi connectivity index (χ1n) is 9.85. The number of aryl methyl sites for hydroxylation is 1. The average Bonchev–Trinajstić information content (AvgIpc) is 3.49. The molecule has 0 spiro atoms. The second kappa shape index (κ2) is 7.42. The van der Waals surface area contributed by atoms with E-state index in [1.54, 1.807) is 55.5 Å². The van der Waals surface area contributed by atoms with E-state index in [2.05, 4.69) is 5.16 Å². The van der Waals surface area contributed by atoms with E-state index in [1.165, 1.54) is 12.0 Å². The summed E-state index contributed by atoms with van der Waals surface area (Å²) in [6.07, 6.45) is 0. The molecule has 0 saturated carbocycles. The molecule has 0 saturated heterocycles. The minimum absolute atomic E-state index is 0.0126. The fourth-order valence-corrected chi connectivity index (χ4v) is 3.95. The van der Waals surface area contributed by atoms with Crippen LogP contribution in [0.4, 0.5) is 5.82 Å². The Balaban J connectivity index is 1.69. The van der Waals surface area contributed by atoms with Crippen LogP contribution < -0.4 is 9.64 Å². The molecule has 1 atom stereocenters. The summed E-state index contributed by atoms with van der Waals surface area (Å²) in [5.74, 6) is -0.949. The van der Waals surface area contributed by atoms with Gasteiger partial charge in [0.2, 0.25) is 5.78 Å². The molecule has 32 heavy (non-hydrogen) atoms. The molecule has 1 aliphatic heterocycles. The smallest absolute Gasteiger partial charge is 0.295 e. The van der Waals surface area contributed by atoms with Gasteiger partial charge in [-0.3, -0.25) is 14.5 Å². The number of rotatable bonds is 5. The highest BCUT2D eigenvalue weighted by Gasteiger charge is 2.47. The topological polar surface area (TPSA) is 106 Å². The summed E-state index contributed by atoms with van der Waals surface area (Å²) in [6.45, 7) is 1.68. The first-order chi connectivity index (χ1) is 15.5. The summed E-state index contributed by atoms with van der Waals surface area (Å²) in [5.41, 5.74) is 0.907. The number of aliphatic hydroxyl groups excluding tert-OH is 1. The van der Waals surface area contributed by atoms with E-state index in [0.29, 0.717) is 22.7 Å². The van der Waals surface area contributed by atoms with Crippen molar-refractivity contribution < 1.29 is 28.4 Å². The minimum Gasteiger partial charge on any atom is -0.503 e. The van der Waals surface area contributed by atoms with Crippen molar-refractivity contribution >= 4 is 28.5 Å². The van der Waals surface area contributed by atoms with Crippen molar-refractivity contribution in [3.05, 3.63) is 89.1 Å². The van der Waals surface area contributed by atoms with E-state index in [9.17, 15) is 14.7 Å². The van der Waals surface area contributed by atoms with Crippen molar-refractivity contribution in [2.24, 2.45) is 0 Å². The Bertz CT molecular complexity index is 1360. The summed E-state index contributed by atoms with van der Waals surface area (Å²) in [4.78, 5) is 27.9. The van der Waals surface area contributed by atoms with Crippen molar-refractivity contribution in [3.8, 4) is 5.75 Å². The van der Waals surface area contributed by atoms with Crippen molar-refractivity contribution in [1.29, 1.82) is 0 Å². The van der Waals surface area contributed by atoms with E-state index in [0.717, 1.165) is 5.39 Å². The molecule has 0 bridgehead atoms. The SMILES string of the molecule is COc1ccccc1[C@@H]1C(C(=O)c2cc3ccccc3o2)=C(O)C(=O)N1c1cc(C)on1. The van der Waals surface area contributed by atoms with Gasteiger partial charge in [0.15, 0.2) is 17.3 Å². The number of fused-ring (bicyclic) bond motifs is 1. The zero-order chi connectivity index (χ0) is 22.4. The van der Waals surface area contributed by atoms with Gasteiger partial charge in [0.05, 0.1) is 12.7 Å². The largest absolute Gasteiger partial charge is 0.503 e. The number of Topliss-reactive ketones (excluding diaryl/α,β-unsaturated/α-hetero) is 1. The number of carbonyl (C=O) groups excluding carboxylic acids is 2. The predicted octanol–water partition coefficient (Wildman–Crippen LogP) is 4.52. The number of carbonyl (C=O) groups is 2. The van der Waals surface area contributed by atoms with Crippen LogP contribution in [0, 0.1) is 6.92 Å². The van der Waals surface area contributed by atoms with Gasteiger partial charge in [0.1, 0.15) is 23.1 Å². The lowest BCUT2D eigenvalue weighted by Gasteiger charge is -2.25. The number of para-hydroxylation sites is 2. The molecule has 4 aromatic rings. The van der Waals surface area contributed by atoms with Crippen LogP contribution in [-0.2, 0) is 4.79 Å². The molecule has 5 rings (SSSR count). The first kappa shape index (κ1) is 19.6. The van der Waals surface area contributed by atoms with E-state index < -0.39 is 23.5 Å². The molecular formula is C24H18N2O6. The minimum atomic E-state index is -0.996. The van der Waals surface area contributed by atoms with Crippen LogP contribution in [0.15, 0.2) is 80.9 Å². The zero-order valence-corrected chi connectivity index (χ0v) is 17.2. The number of aliphatic hydroxyl groups is 1. The monoisotopic (exact) mass is 430 g/mol. The van der Waals surface area contributed by atoms with Gasteiger partial charge < -0.3 is 18.8 Å².